The lowest BCUT2D eigenvalue weighted by Gasteiger charge is -2.13. The number of hydrogen-bond donors (Lipinski definition) is 3. The van der Waals surface area contributed by atoms with Crippen LogP contribution in [-0.4, -0.2) is 23.5 Å². The van der Waals surface area contributed by atoms with E-state index in [2.05, 4.69) is 17.6 Å². The maximum Gasteiger partial charge on any atom is 0.313 e. The molecule has 2 rings (SSSR count). The molecule has 6 heteroatoms. The second kappa shape index (κ2) is 8.88. The molecule has 0 aliphatic carbocycles. The van der Waals surface area contributed by atoms with Crippen molar-refractivity contribution in [3.8, 4) is 0 Å². The number of hydrogen-bond acceptors (Lipinski definition) is 4. The molecule has 128 valence electrons. The summed E-state index contributed by atoms with van der Waals surface area (Å²) in [5.74, 6) is -1.24. The number of anilines is 1. The zero-order valence-electron chi connectivity index (χ0n) is 13.6. The molecular formula is C18H22N2O4. The summed E-state index contributed by atoms with van der Waals surface area (Å²) in [4.78, 5) is 23.9. The monoisotopic (exact) mass is 330 g/mol. The van der Waals surface area contributed by atoms with Gasteiger partial charge in [0.2, 0.25) is 0 Å². The summed E-state index contributed by atoms with van der Waals surface area (Å²) in [6.07, 6.45) is 4.67. The van der Waals surface area contributed by atoms with Crippen LogP contribution in [0.1, 0.15) is 37.1 Å². The number of carbonyl (C=O) groups is 2. The highest BCUT2D eigenvalue weighted by molar-refractivity contribution is 6.39. The number of benzene rings is 1. The van der Waals surface area contributed by atoms with Crippen molar-refractivity contribution in [1.29, 1.82) is 0 Å². The van der Waals surface area contributed by atoms with Gasteiger partial charge in [-0.3, -0.25) is 9.59 Å². The number of rotatable bonds is 7. The average molecular weight is 330 g/mol. The summed E-state index contributed by atoms with van der Waals surface area (Å²) < 4.78 is 5.12. The van der Waals surface area contributed by atoms with Crippen LogP contribution in [0.5, 0.6) is 0 Å². The van der Waals surface area contributed by atoms with Gasteiger partial charge in [-0.05, 0) is 42.7 Å². The molecule has 0 bridgehead atoms. The van der Waals surface area contributed by atoms with Crippen molar-refractivity contribution < 1.29 is 19.1 Å². The number of aliphatic hydroxyl groups is 1. The zero-order chi connectivity index (χ0) is 17.4. The van der Waals surface area contributed by atoms with Crippen LogP contribution in [0, 0.1) is 0 Å². The van der Waals surface area contributed by atoms with Crippen LogP contribution in [0.3, 0.4) is 0 Å². The van der Waals surface area contributed by atoms with Crippen molar-refractivity contribution >= 4 is 17.5 Å². The largest absolute Gasteiger partial charge is 0.467 e. The number of aryl methyl sites for hydroxylation is 1. The molecule has 2 aromatic rings. The molecule has 1 aromatic heterocycles. The fraction of sp³-hybridized carbons (Fsp3) is 0.333. The molecule has 0 saturated heterocycles. The van der Waals surface area contributed by atoms with Crippen molar-refractivity contribution in [3.63, 3.8) is 0 Å². The predicted octanol–water partition coefficient (Wildman–Crippen LogP) is 2.41. The second-order valence-electron chi connectivity index (χ2n) is 5.48. The summed E-state index contributed by atoms with van der Waals surface area (Å²) in [7, 11) is 0. The van der Waals surface area contributed by atoms with E-state index in [0.29, 0.717) is 11.4 Å². The van der Waals surface area contributed by atoms with Crippen LogP contribution in [0.15, 0.2) is 47.1 Å². The number of nitrogens with one attached hydrogen (secondary N) is 2. The quantitative estimate of drug-likeness (QED) is 0.680. The third kappa shape index (κ3) is 4.96. The van der Waals surface area contributed by atoms with Crippen molar-refractivity contribution in [2.24, 2.45) is 0 Å². The van der Waals surface area contributed by atoms with Gasteiger partial charge in [0.05, 0.1) is 12.9 Å². The summed E-state index contributed by atoms with van der Waals surface area (Å²) in [6, 6.07) is 9.91. The van der Waals surface area contributed by atoms with E-state index in [0.717, 1.165) is 19.3 Å². The van der Waals surface area contributed by atoms with E-state index in [1.165, 1.54) is 11.8 Å². The number of unbranched alkanes of at least 4 members (excludes halogenated alkanes) is 1. The topological polar surface area (TPSA) is 91.6 Å². The highest BCUT2D eigenvalue weighted by Crippen LogP contribution is 2.14. The summed E-state index contributed by atoms with van der Waals surface area (Å²) in [5.41, 5.74) is 1.74. The Morgan fingerprint density at radius 3 is 2.50 bits per heavy atom. The van der Waals surface area contributed by atoms with Crippen molar-refractivity contribution in [3.05, 3.63) is 54.0 Å². The first kappa shape index (κ1) is 17.7. The molecule has 1 aromatic carbocycles. The van der Waals surface area contributed by atoms with E-state index in [1.54, 1.807) is 24.3 Å². The van der Waals surface area contributed by atoms with E-state index in [-0.39, 0.29) is 6.61 Å². The Labute approximate surface area is 140 Å². The van der Waals surface area contributed by atoms with Crippen molar-refractivity contribution in [1.82, 2.24) is 5.32 Å². The second-order valence-corrected chi connectivity index (χ2v) is 5.48. The fourth-order valence-electron chi connectivity index (χ4n) is 2.24. The van der Waals surface area contributed by atoms with Gasteiger partial charge in [0.25, 0.3) is 0 Å². The van der Waals surface area contributed by atoms with E-state index < -0.39 is 17.9 Å². The van der Waals surface area contributed by atoms with Crippen LogP contribution >= 0.6 is 0 Å². The van der Waals surface area contributed by atoms with Crippen LogP contribution in [0.25, 0.3) is 0 Å². The molecule has 0 fully saturated rings. The summed E-state index contributed by atoms with van der Waals surface area (Å²) in [5, 5.41) is 14.3. The molecule has 1 heterocycles. The maximum atomic E-state index is 12.0. The lowest BCUT2D eigenvalue weighted by atomic mass is 10.1. The molecule has 3 N–H and O–H groups in total. The lowest BCUT2D eigenvalue weighted by Crippen LogP contribution is -2.38. The van der Waals surface area contributed by atoms with Gasteiger partial charge in [0.15, 0.2) is 0 Å². The first-order chi connectivity index (χ1) is 11.6. The summed E-state index contributed by atoms with van der Waals surface area (Å²) in [6.45, 7) is 1.77. The molecule has 1 atom stereocenters. The van der Waals surface area contributed by atoms with Crippen LogP contribution in [0.2, 0.25) is 0 Å². The zero-order valence-corrected chi connectivity index (χ0v) is 13.6. The molecule has 0 aliphatic heterocycles. The SMILES string of the molecule is CCCCc1ccc(NC(=O)C(=O)NC(CO)c2ccco2)cc1. The van der Waals surface area contributed by atoms with E-state index >= 15 is 0 Å². The van der Waals surface area contributed by atoms with Gasteiger partial charge in [-0.1, -0.05) is 25.5 Å². The molecule has 6 nitrogen and oxygen atoms in total. The van der Waals surface area contributed by atoms with E-state index in [9.17, 15) is 14.7 Å². The molecule has 0 aliphatic rings. The Morgan fingerprint density at radius 2 is 1.92 bits per heavy atom. The van der Waals surface area contributed by atoms with Gasteiger partial charge in [-0.2, -0.15) is 0 Å². The Balaban J connectivity index is 1.90. The molecule has 0 spiro atoms. The molecule has 24 heavy (non-hydrogen) atoms. The Kier molecular flexibility index (Phi) is 6.57. The standard InChI is InChI=1S/C18H22N2O4/c1-2-3-5-13-7-9-14(10-8-13)19-17(22)18(23)20-15(12-21)16-6-4-11-24-16/h4,6-11,15,21H,2-3,5,12H2,1H3,(H,19,22)(H,20,23). The van der Waals surface area contributed by atoms with Gasteiger partial charge in [-0.25, -0.2) is 0 Å². The van der Waals surface area contributed by atoms with Crippen LogP contribution in [0.4, 0.5) is 5.69 Å². The molecule has 2 amide bonds. The minimum Gasteiger partial charge on any atom is -0.467 e. The Bertz CT molecular complexity index is 650. The van der Waals surface area contributed by atoms with Gasteiger partial charge in [0.1, 0.15) is 11.8 Å². The normalized spacial score (nSPS) is 11.8. The fourth-order valence-corrected chi connectivity index (χ4v) is 2.24. The number of carbonyl (C=O) groups excluding carboxylic acids is 2. The highest BCUT2D eigenvalue weighted by atomic mass is 16.3. The van der Waals surface area contributed by atoms with Gasteiger partial charge < -0.3 is 20.2 Å². The first-order valence-corrected chi connectivity index (χ1v) is 7.99. The third-order valence-electron chi connectivity index (χ3n) is 3.61. The Morgan fingerprint density at radius 1 is 1.17 bits per heavy atom. The number of aliphatic hydroxyl groups excluding tert-OH is 1. The Hall–Kier alpha value is -2.60. The third-order valence-corrected chi connectivity index (χ3v) is 3.61. The molecule has 0 radical (unpaired) electrons. The van der Waals surface area contributed by atoms with Crippen LogP contribution in [-0.2, 0) is 16.0 Å². The highest BCUT2D eigenvalue weighted by Gasteiger charge is 2.21. The van der Waals surface area contributed by atoms with Gasteiger partial charge >= 0.3 is 11.8 Å². The maximum absolute atomic E-state index is 12.0. The number of furan rings is 1. The van der Waals surface area contributed by atoms with Gasteiger partial charge in [0, 0.05) is 5.69 Å². The van der Waals surface area contributed by atoms with E-state index in [1.807, 2.05) is 12.1 Å². The predicted molar refractivity (Wildman–Crippen MR) is 90.4 cm³/mol. The van der Waals surface area contributed by atoms with Crippen LogP contribution < -0.4 is 10.6 Å². The molecule has 1 unspecified atom stereocenters. The molecular weight excluding hydrogens is 308 g/mol. The molecule has 0 saturated carbocycles. The smallest absolute Gasteiger partial charge is 0.313 e. The minimum atomic E-state index is -0.833. The number of amides is 2. The first-order valence-electron chi connectivity index (χ1n) is 7.99. The lowest BCUT2D eigenvalue weighted by molar-refractivity contribution is -0.136. The van der Waals surface area contributed by atoms with Gasteiger partial charge in [-0.15, -0.1) is 0 Å². The van der Waals surface area contributed by atoms with Crippen molar-refractivity contribution in [2.75, 3.05) is 11.9 Å². The minimum absolute atomic E-state index is 0.362. The van der Waals surface area contributed by atoms with Crippen molar-refractivity contribution in [2.45, 2.75) is 32.2 Å². The average Bonchev–Trinajstić information content (AvgIpc) is 3.13. The van der Waals surface area contributed by atoms with E-state index in [4.69, 9.17) is 4.42 Å². The summed E-state index contributed by atoms with van der Waals surface area (Å²) >= 11 is 0.